The Morgan fingerprint density at radius 2 is 2.15 bits per heavy atom. The van der Waals surface area contributed by atoms with Gasteiger partial charge in [-0.3, -0.25) is 9.69 Å². The Labute approximate surface area is 121 Å². The predicted molar refractivity (Wildman–Crippen MR) is 78.1 cm³/mol. The van der Waals surface area contributed by atoms with E-state index >= 15 is 0 Å². The van der Waals surface area contributed by atoms with E-state index in [-0.39, 0.29) is 5.91 Å². The van der Waals surface area contributed by atoms with Gasteiger partial charge in [-0.25, -0.2) is 0 Å². The molecule has 112 valence electrons. The van der Waals surface area contributed by atoms with Crippen LogP contribution in [0.4, 0.5) is 0 Å². The maximum Gasteiger partial charge on any atom is 0.236 e. The number of carbonyl (C=O) groups is 1. The van der Waals surface area contributed by atoms with E-state index in [1.54, 1.807) is 11.9 Å². The summed E-state index contributed by atoms with van der Waals surface area (Å²) < 4.78 is 0. The third-order valence-corrected chi connectivity index (χ3v) is 4.20. The number of amides is 1. The highest BCUT2D eigenvalue weighted by molar-refractivity contribution is 5.78. The molecule has 1 saturated carbocycles. The monoisotopic (exact) mass is 278 g/mol. The quantitative estimate of drug-likeness (QED) is 0.714. The Morgan fingerprint density at radius 3 is 2.75 bits per heavy atom. The highest BCUT2D eigenvalue weighted by atomic mass is 16.2. The molecule has 2 aliphatic rings. The van der Waals surface area contributed by atoms with E-state index in [1.165, 1.54) is 25.7 Å². The van der Waals surface area contributed by atoms with Crippen molar-refractivity contribution in [2.24, 2.45) is 5.92 Å². The summed E-state index contributed by atoms with van der Waals surface area (Å²) >= 11 is 0. The summed E-state index contributed by atoms with van der Waals surface area (Å²) in [4.78, 5) is 16.2. The van der Waals surface area contributed by atoms with E-state index in [4.69, 9.17) is 5.26 Å². The Bertz CT molecular complexity index is 355. The third-order valence-electron chi connectivity index (χ3n) is 4.20. The van der Waals surface area contributed by atoms with Crippen molar-refractivity contribution in [2.45, 2.75) is 38.1 Å². The van der Waals surface area contributed by atoms with E-state index in [1.807, 2.05) is 0 Å². The molecule has 1 amide bonds. The van der Waals surface area contributed by atoms with Crippen LogP contribution in [0.5, 0.6) is 0 Å². The van der Waals surface area contributed by atoms with Crippen LogP contribution in [0, 0.1) is 17.2 Å². The number of rotatable bonds is 8. The molecule has 1 unspecified atom stereocenters. The Hall–Kier alpha value is -1.12. The zero-order chi connectivity index (χ0) is 14.4. The number of nitriles is 1. The minimum atomic E-state index is 0.138. The molecule has 1 N–H and O–H groups in total. The molecular weight excluding hydrogens is 252 g/mol. The van der Waals surface area contributed by atoms with Gasteiger partial charge in [0.05, 0.1) is 19.0 Å². The van der Waals surface area contributed by atoms with Crippen LogP contribution in [0.1, 0.15) is 32.1 Å². The first kappa shape index (κ1) is 15.3. The zero-order valence-electron chi connectivity index (χ0n) is 12.5. The van der Waals surface area contributed by atoms with Gasteiger partial charge in [-0.2, -0.15) is 5.26 Å². The first-order valence-electron chi connectivity index (χ1n) is 7.75. The molecular formula is C15H26N4O. The average molecular weight is 278 g/mol. The minimum Gasteiger partial charge on any atom is -0.344 e. The van der Waals surface area contributed by atoms with Crippen molar-refractivity contribution in [1.82, 2.24) is 15.1 Å². The summed E-state index contributed by atoms with van der Waals surface area (Å²) in [6.45, 7) is 4.17. The number of nitrogens with one attached hydrogen (secondary N) is 1. The van der Waals surface area contributed by atoms with Crippen LogP contribution in [0.25, 0.3) is 0 Å². The van der Waals surface area contributed by atoms with Crippen molar-refractivity contribution in [3.8, 4) is 6.07 Å². The first-order chi connectivity index (χ1) is 9.69. The van der Waals surface area contributed by atoms with Crippen molar-refractivity contribution in [3.05, 3.63) is 0 Å². The largest absolute Gasteiger partial charge is 0.344 e. The molecule has 0 aromatic heterocycles. The van der Waals surface area contributed by atoms with Gasteiger partial charge in [0.1, 0.15) is 0 Å². The van der Waals surface area contributed by atoms with E-state index in [0.29, 0.717) is 25.6 Å². The topological polar surface area (TPSA) is 59.4 Å². The Kier molecular flexibility index (Phi) is 5.81. The van der Waals surface area contributed by atoms with Gasteiger partial charge in [-0.1, -0.05) is 0 Å². The van der Waals surface area contributed by atoms with Crippen LogP contribution >= 0.6 is 0 Å². The molecule has 2 rings (SSSR count). The number of likely N-dealkylation sites (N-methyl/N-ethyl adjacent to an activating group) is 1. The molecule has 20 heavy (non-hydrogen) atoms. The molecule has 1 atom stereocenters. The lowest BCUT2D eigenvalue weighted by molar-refractivity contribution is -0.131. The van der Waals surface area contributed by atoms with Gasteiger partial charge in [-0.15, -0.1) is 0 Å². The molecule has 1 saturated heterocycles. The molecule has 0 aromatic rings. The highest BCUT2D eigenvalue weighted by Crippen LogP contribution is 2.29. The molecule has 5 heteroatoms. The molecule has 0 radical (unpaired) electrons. The highest BCUT2D eigenvalue weighted by Gasteiger charge is 2.28. The van der Waals surface area contributed by atoms with Crippen molar-refractivity contribution in [1.29, 1.82) is 5.26 Å². The number of carbonyl (C=O) groups excluding carboxylic acids is 1. The van der Waals surface area contributed by atoms with Gasteiger partial charge in [0.25, 0.3) is 0 Å². The van der Waals surface area contributed by atoms with E-state index < -0.39 is 0 Å². The standard InChI is InChI=1S/C15H26N4O/c1-18(9-3-7-16)15(20)12-19(10-13-5-6-13)11-14-4-2-8-17-14/h13-14,17H,2-6,8-12H2,1H3. The molecule has 1 aliphatic heterocycles. The molecule has 1 aliphatic carbocycles. The van der Waals surface area contributed by atoms with Gasteiger partial charge in [0, 0.05) is 32.7 Å². The second-order valence-electron chi connectivity index (χ2n) is 6.15. The maximum atomic E-state index is 12.2. The van der Waals surface area contributed by atoms with Gasteiger partial charge in [0.2, 0.25) is 5.91 Å². The maximum absolute atomic E-state index is 12.2. The summed E-state index contributed by atoms with van der Waals surface area (Å²) in [6.07, 6.45) is 5.51. The SMILES string of the molecule is CN(CCC#N)C(=O)CN(CC1CC1)CC1CCCN1. The van der Waals surface area contributed by atoms with Gasteiger partial charge in [-0.05, 0) is 38.1 Å². The third kappa shape index (κ3) is 5.10. The summed E-state index contributed by atoms with van der Waals surface area (Å²) in [5.74, 6) is 0.938. The normalized spacial score (nSPS) is 21.9. The second kappa shape index (κ2) is 7.61. The van der Waals surface area contributed by atoms with Crippen LogP contribution < -0.4 is 5.32 Å². The fourth-order valence-corrected chi connectivity index (χ4v) is 2.75. The second-order valence-corrected chi connectivity index (χ2v) is 6.15. The lowest BCUT2D eigenvalue weighted by Crippen LogP contribution is -2.44. The molecule has 0 spiro atoms. The number of hydrogen-bond donors (Lipinski definition) is 1. The smallest absolute Gasteiger partial charge is 0.236 e. The van der Waals surface area contributed by atoms with E-state index in [2.05, 4.69) is 16.3 Å². The van der Waals surface area contributed by atoms with Crippen LogP contribution in [-0.2, 0) is 4.79 Å². The summed E-state index contributed by atoms with van der Waals surface area (Å²) in [5.41, 5.74) is 0. The Morgan fingerprint density at radius 1 is 1.35 bits per heavy atom. The fraction of sp³-hybridized carbons (Fsp3) is 0.867. The van der Waals surface area contributed by atoms with Crippen LogP contribution in [-0.4, -0.2) is 61.5 Å². The predicted octanol–water partition coefficient (Wildman–Crippen LogP) is 0.822. The first-order valence-corrected chi connectivity index (χ1v) is 7.75. The zero-order valence-corrected chi connectivity index (χ0v) is 12.5. The van der Waals surface area contributed by atoms with Gasteiger partial charge < -0.3 is 10.2 Å². The summed E-state index contributed by atoms with van der Waals surface area (Å²) in [5, 5.41) is 12.1. The summed E-state index contributed by atoms with van der Waals surface area (Å²) in [7, 11) is 1.79. The molecule has 2 fully saturated rings. The molecule has 0 aromatic carbocycles. The molecule has 0 bridgehead atoms. The minimum absolute atomic E-state index is 0.138. The molecule has 5 nitrogen and oxygen atoms in total. The van der Waals surface area contributed by atoms with Crippen molar-refractivity contribution < 1.29 is 4.79 Å². The average Bonchev–Trinajstić information content (AvgIpc) is 3.09. The lowest BCUT2D eigenvalue weighted by atomic mass is 10.2. The van der Waals surface area contributed by atoms with Crippen LogP contribution in [0.3, 0.4) is 0 Å². The van der Waals surface area contributed by atoms with Crippen molar-refractivity contribution >= 4 is 5.91 Å². The van der Waals surface area contributed by atoms with E-state index in [0.717, 1.165) is 25.6 Å². The number of hydrogen-bond acceptors (Lipinski definition) is 4. The van der Waals surface area contributed by atoms with E-state index in [9.17, 15) is 4.79 Å². The molecule has 1 heterocycles. The Balaban J connectivity index is 1.79. The van der Waals surface area contributed by atoms with Gasteiger partial charge >= 0.3 is 0 Å². The van der Waals surface area contributed by atoms with Crippen LogP contribution in [0.15, 0.2) is 0 Å². The summed E-state index contributed by atoms with van der Waals surface area (Å²) in [6, 6.07) is 2.64. The van der Waals surface area contributed by atoms with Crippen LogP contribution in [0.2, 0.25) is 0 Å². The van der Waals surface area contributed by atoms with Crippen molar-refractivity contribution in [3.63, 3.8) is 0 Å². The van der Waals surface area contributed by atoms with Crippen molar-refractivity contribution in [2.75, 3.05) is 39.8 Å². The lowest BCUT2D eigenvalue weighted by Gasteiger charge is -2.27. The fourth-order valence-electron chi connectivity index (χ4n) is 2.75. The van der Waals surface area contributed by atoms with Gasteiger partial charge in [0.15, 0.2) is 0 Å². The number of nitrogens with zero attached hydrogens (tertiary/aromatic N) is 3.